The third kappa shape index (κ3) is 3.41. The Bertz CT molecular complexity index is 388. The van der Waals surface area contributed by atoms with Gasteiger partial charge in [-0.25, -0.2) is 4.98 Å². The van der Waals surface area contributed by atoms with Gasteiger partial charge >= 0.3 is 0 Å². The van der Waals surface area contributed by atoms with E-state index in [1.165, 1.54) is 0 Å². The Hall–Kier alpha value is -1.66. The molecule has 1 saturated heterocycles. The number of amides is 1. The van der Waals surface area contributed by atoms with Crippen molar-refractivity contribution in [1.82, 2.24) is 10.3 Å². The van der Waals surface area contributed by atoms with E-state index in [-0.39, 0.29) is 12.0 Å². The maximum Gasteiger partial charge on any atom is 0.269 e. The fraction of sp³-hybridized carbons (Fsp3) is 0.500. The summed E-state index contributed by atoms with van der Waals surface area (Å²) in [5.74, 6) is -0.202. The van der Waals surface area contributed by atoms with E-state index in [0.717, 1.165) is 5.69 Å². The van der Waals surface area contributed by atoms with Crippen LogP contribution in [0.1, 0.15) is 10.5 Å². The van der Waals surface area contributed by atoms with E-state index in [9.17, 15) is 4.79 Å². The van der Waals surface area contributed by atoms with Gasteiger partial charge in [-0.3, -0.25) is 4.79 Å². The van der Waals surface area contributed by atoms with Crippen molar-refractivity contribution < 1.29 is 14.3 Å². The first kappa shape index (κ1) is 12.8. The summed E-state index contributed by atoms with van der Waals surface area (Å²) in [6.07, 6.45) is 1.55. The predicted octanol–water partition coefficient (Wildman–Crippen LogP) is 0.268. The van der Waals surface area contributed by atoms with Gasteiger partial charge in [0.05, 0.1) is 37.8 Å². The van der Waals surface area contributed by atoms with Gasteiger partial charge in [0.25, 0.3) is 5.91 Å². The van der Waals surface area contributed by atoms with Crippen LogP contribution in [0, 0.1) is 0 Å². The van der Waals surface area contributed by atoms with Crippen molar-refractivity contribution in [2.45, 2.75) is 6.10 Å². The maximum absolute atomic E-state index is 11.8. The van der Waals surface area contributed by atoms with Crippen LogP contribution < -0.4 is 10.6 Å². The second kappa shape index (κ2) is 6.32. The normalized spacial score (nSPS) is 19.3. The van der Waals surface area contributed by atoms with Crippen LogP contribution in [0.2, 0.25) is 0 Å². The number of anilines is 1. The minimum atomic E-state index is -0.202. The van der Waals surface area contributed by atoms with Gasteiger partial charge in [-0.05, 0) is 12.1 Å². The minimum absolute atomic E-state index is 0.0701. The third-order valence-corrected chi connectivity index (χ3v) is 2.66. The van der Waals surface area contributed by atoms with Crippen molar-refractivity contribution in [3.8, 4) is 0 Å². The summed E-state index contributed by atoms with van der Waals surface area (Å²) in [5, 5.41) is 5.73. The van der Waals surface area contributed by atoms with Crippen LogP contribution in [-0.2, 0) is 9.47 Å². The predicted molar refractivity (Wildman–Crippen MR) is 66.7 cm³/mol. The molecule has 1 aliphatic heterocycles. The molecule has 1 amide bonds. The zero-order valence-electron chi connectivity index (χ0n) is 10.3. The Morgan fingerprint density at radius 3 is 3.00 bits per heavy atom. The number of nitrogens with zero attached hydrogens (tertiary/aromatic N) is 1. The van der Waals surface area contributed by atoms with Crippen molar-refractivity contribution >= 4 is 11.6 Å². The second-order valence-corrected chi connectivity index (χ2v) is 3.96. The first-order valence-electron chi connectivity index (χ1n) is 5.91. The van der Waals surface area contributed by atoms with Crippen molar-refractivity contribution in [2.24, 2.45) is 0 Å². The summed E-state index contributed by atoms with van der Waals surface area (Å²) in [7, 11) is 1.80. The number of pyridine rings is 1. The van der Waals surface area contributed by atoms with Gasteiger partial charge in [-0.1, -0.05) is 0 Å². The molecule has 0 bridgehead atoms. The van der Waals surface area contributed by atoms with Crippen LogP contribution in [0.4, 0.5) is 5.69 Å². The number of hydrogen-bond acceptors (Lipinski definition) is 5. The van der Waals surface area contributed by atoms with Crippen molar-refractivity contribution in [3.05, 3.63) is 24.0 Å². The molecule has 1 atom stereocenters. The van der Waals surface area contributed by atoms with Gasteiger partial charge in [0.15, 0.2) is 0 Å². The van der Waals surface area contributed by atoms with E-state index in [2.05, 4.69) is 15.6 Å². The summed E-state index contributed by atoms with van der Waals surface area (Å²) in [4.78, 5) is 15.9. The average molecular weight is 251 g/mol. The summed E-state index contributed by atoms with van der Waals surface area (Å²) in [6.45, 7) is 2.16. The lowest BCUT2D eigenvalue weighted by Crippen LogP contribution is -2.39. The Morgan fingerprint density at radius 2 is 2.39 bits per heavy atom. The van der Waals surface area contributed by atoms with E-state index in [1.807, 2.05) is 6.07 Å². The number of ether oxygens (including phenoxy) is 2. The Balaban J connectivity index is 1.82. The van der Waals surface area contributed by atoms with Crippen LogP contribution in [0.3, 0.4) is 0 Å². The van der Waals surface area contributed by atoms with Crippen LogP contribution in [0.15, 0.2) is 18.3 Å². The molecular weight excluding hydrogens is 234 g/mol. The number of rotatable bonds is 4. The molecule has 0 aliphatic carbocycles. The average Bonchev–Trinajstić information content (AvgIpc) is 2.46. The van der Waals surface area contributed by atoms with Crippen molar-refractivity contribution in [3.63, 3.8) is 0 Å². The SMILES string of the molecule is CNc1ccc(C(=O)NCC2COCCO2)nc1. The lowest BCUT2D eigenvalue weighted by Gasteiger charge is -2.22. The fourth-order valence-corrected chi connectivity index (χ4v) is 1.63. The summed E-state index contributed by atoms with van der Waals surface area (Å²) < 4.78 is 10.7. The highest BCUT2D eigenvalue weighted by atomic mass is 16.6. The molecule has 2 heterocycles. The quantitative estimate of drug-likeness (QED) is 0.803. The Kier molecular flexibility index (Phi) is 4.49. The van der Waals surface area contributed by atoms with Gasteiger partial charge in [0, 0.05) is 13.6 Å². The number of carbonyl (C=O) groups is 1. The number of carbonyl (C=O) groups excluding carboxylic acids is 1. The molecule has 98 valence electrons. The molecule has 1 aromatic rings. The number of hydrogen-bond donors (Lipinski definition) is 2. The summed E-state index contributed by atoms with van der Waals surface area (Å²) in [6, 6.07) is 3.49. The number of nitrogens with one attached hydrogen (secondary N) is 2. The molecule has 0 aromatic carbocycles. The van der Waals surface area contributed by atoms with E-state index >= 15 is 0 Å². The van der Waals surface area contributed by atoms with Gasteiger partial charge in [-0.2, -0.15) is 0 Å². The Labute approximate surface area is 106 Å². The first-order chi connectivity index (χ1) is 8.79. The molecule has 0 saturated carbocycles. The highest BCUT2D eigenvalue weighted by Crippen LogP contribution is 2.05. The monoisotopic (exact) mass is 251 g/mol. The van der Waals surface area contributed by atoms with Crippen LogP contribution >= 0.6 is 0 Å². The van der Waals surface area contributed by atoms with Crippen LogP contribution in [0.25, 0.3) is 0 Å². The second-order valence-electron chi connectivity index (χ2n) is 3.96. The van der Waals surface area contributed by atoms with E-state index in [1.54, 1.807) is 19.3 Å². The van der Waals surface area contributed by atoms with E-state index in [0.29, 0.717) is 32.1 Å². The first-order valence-corrected chi connectivity index (χ1v) is 5.91. The van der Waals surface area contributed by atoms with E-state index < -0.39 is 0 Å². The highest BCUT2D eigenvalue weighted by Gasteiger charge is 2.16. The molecule has 18 heavy (non-hydrogen) atoms. The standard InChI is InChI=1S/C12H17N3O3/c1-13-9-2-3-11(14-6-9)12(16)15-7-10-8-17-4-5-18-10/h2-3,6,10,13H,4-5,7-8H2,1H3,(H,15,16). The van der Waals surface area contributed by atoms with Crippen molar-refractivity contribution in [1.29, 1.82) is 0 Å². The van der Waals surface area contributed by atoms with E-state index in [4.69, 9.17) is 9.47 Å². The molecule has 0 radical (unpaired) electrons. The van der Waals surface area contributed by atoms with Crippen LogP contribution in [0.5, 0.6) is 0 Å². The molecule has 2 N–H and O–H groups in total. The van der Waals surface area contributed by atoms with Crippen molar-refractivity contribution in [2.75, 3.05) is 38.7 Å². The largest absolute Gasteiger partial charge is 0.387 e. The van der Waals surface area contributed by atoms with Crippen LogP contribution in [-0.4, -0.2) is 50.4 Å². The zero-order chi connectivity index (χ0) is 12.8. The minimum Gasteiger partial charge on any atom is -0.387 e. The van der Waals surface area contributed by atoms with Gasteiger partial charge in [0.1, 0.15) is 5.69 Å². The van der Waals surface area contributed by atoms with Gasteiger partial charge < -0.3 is 20.1 Å². The lowest BCUT2D eigenvalue weighted by molar-refractivity contribution is -0.0855. The molecular formula is C12H17N3O3. The molecule has 0 spiro atoms. The molecule has 2 rings (SSSR count). The number of aromatic nitrogens is 1. The van der Waals surface area contributed by atoms with Gasteiger partial charge in [0.2, 0.25) is 0 Å². The lowest BCUT2D eigenvalue weighted by atomic mass is 10.3. The summed E-state index contributed by atoms with van der Waals surface area (Å²) in [5.41, 5.74) is 1.27. The molecule has 1 aromatic heterocycles. The molecule has 6 heteroatoms. The third-order valence-electron chi connectivity index (χ3n) is 2.66. The molecule has 1 fully saturated rings. The van der Waals surface area contributed by atoms with Gasteiger partial charge in [-0.15, -0.1) is 0 Å². The highest BCUT2D eigenvalue weighted by molar-refractivity contribution is 5.92. The summed E-state index contributed by atoms with van der Waals surface area (Å²) >= 11 is 0. The smallest absolute Gasteiger partial charge is 0.269 e. The molecule has 1 unspecified atom stereocenters. The maximum atomic E-state index is 11.8. The fourth-order valence-electron chi connectivity index (χ4n) is 1.63. The Morgan fingerprint density at radius 1 is 1.50 bits per heavy atom. The topological polar surface area (TPSA) is 72.5 Å². The molecule has 6 nitrogen and oxygen atoms in total. The zero-order valence-corrected chi connectivity index (χ0v) is 10.3. The molecule has 1 aliphatic rings.